The van der Waals surface area contributed by atoms with Gasteiger partial charge in [-0.05, 0) is 48.7 Å². The van der Waals surface area contributed by atoms with Gasteiger partial charge in [0.1, 0.15) is 17.9 Å². The van der Waals surface area contributed by atoms with Gasteiger partial charge in [0, 0.05) is 12.1 Å². The van der Waals surface area contributed by atoms with Crippen molar-refractivity contribution in [3.05, 3.63) is 52.0 Å². The number of nitrogens with two attached hydrogens (primary N) is 2. The molecule has 194 valence electrons. The lowest BCUT2D eigenvalue weighted by atomic mass is 9.76. The summed E-state index contributed by atoms with van der Waals surface area (Å²) in [6.07, 6.45) is 0.232. The van der Waals surface area contributed by atoms with E-state index in [2.05, 4.69) is 5.32 Å². The Balaban J connectivity index is 1.51. The van der Waals surface area contributed by atoms with Gasteiger partial charge in [-0.2, -0.15) is 0 Å². The number of benzene rings is 2. The van der Waals surface area contributed by atoms with Gasteiger partial charge in [0.15, 0.2) is 11.5 Å². The van der Waals surface area contributed by atoms with Gasteiger partial charge in [-0.1, -0.05) is 17.7 Å². The number of imide groups is 1. The van der Waals surface area contributed by atoms with Crippen LogP contribution < -0.4 is 25.8 Å². The minimum Gasteiger partial charge on any atom is -0.493 e. The summed E-state index contributed by atoms with van der Waals surface area (Å²) in [5.74, 6) is -2.65. The second-order valence-electron chi connectivity index (χ2n) is 9.76. The number of likely N-dealkylation sites (tertiary alicyclic amines) is 1. The first-order chi connectivity index (χ1) is 17.6. The van der Waals surface area contributed by atoms with Crippen molar-refractivity contribution in [2.45, 2.75) is 31.3 Å². The molecule has 0 radical (unpaired) electrons. The molecule has 5 N–H and O–H groups in total. The summed E-state index contributed by atoms with van der Waals surface area (Å²) in [7, 11) is 3.07. The number of carbonyl (C=O) groups excluding carboxylic acids is 4. The van der Waals surface area contributed by atoms with Crippen LogP contribution in [0, 0.1) is 18.8 Å². The molecule has 0 aliphatic carbocycles. The highest BCUT2D eigenvalue weighted by Gasteiger charge is 2.74. The third-order valence-corrected chi connectivity index (χ3v) is 7.97. The highest BCUT2D eigenvalue weighted by Crippen LogP contribution is 2.51. The maximum Gasteiger partial charge on any atom is 0.291 e. The molecule has 11 heteroatoms. The van der Waals surface area contributed by atoms with E-state index in [4.69, 9.17) is 26.8 Å². The zero-order valence-electron chi connectivity index (χ0n) is 20.7. The van der Waals surface area contributed by atoms with Crippen LogP contribution in [0.2, 0.25) is 5.02 Å². The molecule has 1 spiro atoms. The van der Waals surface area contributed by atoms with Crippen molar-refractivity contribution in [1.29, 1.82) is 0 Å². The molecule has 10 nitrogen and oxygen atoms in total. The van der Waals surface area contributed by atoms with Crippen LogP contribution in [0.25, 0.3) is 0 Å². The van der Waals surface area contributed by atoms with Crippen LogP contribution in [0.1, 0.15) is 23.1 Å². The summed E-state index contributed by atoms with van der Waals surface area (Å²) in [5.41, 5.74) is 6.72. The van der Waals surface area contributed by atoms with E-state index >= 15 is 0 Å². The van der Waals surface area contributed by atoms with Crippen molar-refractivity contribution < 1.29 is 34.0 Å². The molecule has 3 aliphatic rings. The number of hydrogen-bond acceptors (Lipinski definition) is 6. The number of quaternary nitrogens is 1. The van der Waals surface area contributed by atoms with Gasteiger partial charge in [0.25, 0.3) is 5.91 Å². The van der Waals surface area contributed by atoms with E-state index in [1.807, 2.05) is 19.1 Å². The molecule has 4 atom stereocenters. The molecule has 0 aromatic heterocycles. The van der Waals surface area contributed by atoms with Crippen LogP contribution in [0.3, 0.4) is 0 Å². The Morgan fingerprint density at radius 3 is 2.54 bits per heavy atom. The van der Waals surface area contributed by atoms with Crippen LogP contribution in [-0.2, 0) is 31.1 Å². The lowest BCUT2D eigenvalue weighted by molar-refractivity contribution is -0.732. The number of ether oxygens (including phenoxy) is 2. The summed E-state index contributed by atoms with van der Waals surface area (Å²) in [6.45, 7) is 1.95. The number of fused-ring (bicyclic) bond motifs is 4. The van der Waals surface area contributed by atoms with E-state index in [0.717, 1.165) is 11.1 Å². The molecular formula is C26H28ClN4O6+. The van der Waals surface area contributed by atoms with E-state index < -0.39 is 47.0 Å². The van der Waals surface area contributed by atoms with Crippen molar-refractivity contribution in [3.8, 4) is 11.5 Å². The number of anilines is 1. The number of rotatable bonds is 7. The van der Waals surface area contributed by atoms with Gasteiger partial charge in [0.2, 0.25) is 23.3 Å². The molecule has 5 rings (SSSR count). The molecule has 4 amide bonds. The SMILES string of the molecule is COc1ccc(CCN2C(=O)[C@@H]3[C@H](CC(N)=O)[NH2+][C@@]4(C(=O)Nc5c(Cl)cc(C)cc54)[C@@H]3C2=O)cc1OC. The lowest BCUT2D eigenvalue weighted by Crippen LogP contribution is -2.99. The molecule has 3 heterocycles. The van der Waals surface area contributed by atoms with Gasteiger partial charge >= 0.3 is 0 Å². The Bertz CT molecular complexity index is 1350. The second-order valence-corrected chi connectivity index (χ2v) is 10.2. The highest BCUT2D eigenvalue weighted by molar-refractivity contribution is 6.35. The molecule has 0 bridgehead atoms. The highest BCUT2D eigenvalue weighted by atomic mass is 35.5. The topological polar surface area (TPSA) is 145 Å². The zero-order valence-corrected chi connectivity index (χ0v) is 21.4. The average molecular weight is 528 g/mol. The van der Waals surface area contributed by atoms with Crippen LogP contribution >= 0.6 is 11.6 Å². The van der Waals surface area contributed by atoms with E-state index in [9.17, 15) is 19.2 Å². The van der Waals surface area contributed by atoms with Crippen LogP contribution in [0.4, 0.5) is 5.69 Å². The molecule has 37 heavy (non-hydrogen) atoms. The molecular weight excluding hydrogens is 500 g/mol. The number of carbonyl (C=O) groups is 4. The van der Waals surface area contributed by atoms with E-state index in [0.29, 0.717) is 34.2 Å². The van der Waals surface area contributed by atoms with Crippen molar-refractivity contribution in [3.63, 3.8) is 0 Å². The molecule has 2 aromatic rings. The normalized spacial score (nSPS) is 25.9. The Hall–Kier alpha value is -3.63. The van der Waals surface area contributed by atoms with Crippen molar-refractivity contribution >= 4 is 40.9 Å². The maximum absolute atomic E-state index is 13.9. The van der Waals surface area contributed by atoms with E-state index in [1.54, 1.807) is 30.6 Å². The number of methoxy groups -OCH3 is 2. The molecule has 2 aromatic carbocycles. The van der Waals surface area contributed by atoms with Gasteiger partial charge in [-0.3, -0.25) is 24.1 Å². The van der Waals surface area contributed by atoms with Crippen molar-refractivity contribution in [1.82, 2.24) is 4.90 Å². The van der Waals surface area contributed by atoms with Crippen LogP contribution in [-0.4, -0.2) is 55.3 Å². The van der Waals surface area contributed by atoms with Gasteiger partial charge < -0.3 is 25.8 Å². The summed E-state index contributed by atoms with van der Waals surface area (Å²) in [6, 6.07) is 8.26. The molecule has 3 aliphatic heterocycles. The second kappa shape index (κ2) is 9.04. The van der Waals surface area contributed by atoms with Crippen molar-refractivity contribution in [2.24, 2.45) is 17.6 Å². The lowest BCUT2D eigenvalue weighted by Gasteiger charge is -2.26. The van der Waals surface area contributed by atoms with Gasteiger partial charge in [-0.25, -0.2) is 0 Å². The monoisotopic (exact) mass is 527 g/mol. The standard InChI is InChI=1S/C26H27ClN4O6/c1-12-8-14-22(15(27)9-12)29-25(35)26(14)21-20(16(30-26)11-19(28)32)23(33)31(24(21)34)7-6-13-4-5-17(36-2)18(10-13)37-3/h4-5,8-10,16,20-21,30H,6-7,11H2,1-3H3,(H2,28,32)(H,29,35)/p+1/t16-,20+,21-,26+/m0/s1. The molecule has 0 unspecified atom stereocenters. The van der Waals surface area contributed by atoms with Gasteiger partial charge in [0.05, 0.1) is 31.4 Å². The number of amides is 4. The predicted octanol–water partition coefficient (Wildman–Crippen LogP) is 0.478. The number of primary amides is 1. The smallest absolute Gasteiger partial charge is 0.291 e. The number of aryl methyl sites for hydroxylation is 1. The Morgan fingerprint density at radius 2 is 1.86 bits per heavy atom. The first-order valence-electron chi connectivity index (χ1n) is 11.9. The Labute approximate surface area is 218 Å². The third-order valence-electron chi connectivity index (χ3n) is 7.67. The van der Waals surface area contributed by atoms with E-state index in [-0.39, 0.29) is 13.0 Å². The fraction of sp³-hybridized carbons (Fsp3) is 0.385. The minimum absolute atomic E-state index is 0.114. The summed E-state index contributed by atoms with van der Waals surface area (Å²) in [5, 5.41) is 4.84. The number of nitrogens with zero attached hydrogens (tertiary/aromatic N) is 1. The Morgan fingerprint density at radius 1 is 1.14 bits per heavy atom. The minimum atomic E-state index is -1.42. The molecule has 2 saturated heterocycles. The molecule has 2 fully saturated rings. The quantitative estimate of drug-likeness (QED) is 0.447. The van der Waals surface area contributed by atoms with E-state index in [1.165, 1.54) is 12.0 Å². The summed E-state index contributed by atoms with van der Waals surface area (Å²) >= 11 is 6.44. The predicted molar refractivity (Wildman–Crippen MR) is 133 cm³/mol. The number of halogens is 1. The zero-order chi connectivity index (χ0) is 26.6. The first kappa shape index (κ1) is 25.0. The van der Waals surface area contributed by atoms with Crippen LogP contribution in [0.5, 0.6) is 11.5 Å². The third kappa shape index (κ3) is 3.74. The number of nitrogens with one attached hydrogen (secondary N) is 1. The summed E-state index contributed by atoms with van der Waals surface area (Å²) < 4.78 is 10.6. The largest absolute Gasteiger partial charge is 0.493 e. The molecule has 0 saturated carbocycles. The van der Waals surface area contributed by atoms with Crippen LogP contribution in [0.15, 0.2) is 30.3 Å². The Kier molecular flexibility index (Phi) is 6.12. The number of hydrogen-bond donors (Lipinski definition) is 3. The first-order valence-corrected chi connectivity index (χ1v) is 12.3. The van der Waals surface area contributed by atoms with Gasteiger partial charge in [-0.15, -0.1) is 0 Å². The fourth-order valence-corrected chi connectivity index (χ4v) is 6.45. The fourth-order valence-electron chi connectivity index (χ4n) is 6.13. The summed E-state index contributed by atoms with van der Waals surface area (Å²) in [4.78, 5) is 54.2. The average Bonchev–Trinajstić information content (AvgIpc) is 3.42. The van der Waals surface area contributed by atoms with Crippen molar-refractivity contribution in [2.75, 3.05) is 26.1 Å². The maximum atomic E-state index is 13.9.